The molecule has 1 N–H and O–H groups in total. The standard InChI is InChI=1S/C7H11NO/c9-7-5-3-1-2-4-6-8-7/h1,3H,2,4-6H2,(H,8,9)/b3-1-. The maximum atomic E-state index is 10.7. The van der Waals surface area contributed by atoms with E-state index in [9.17, 15) is 4.79 Å². The lowest BCUT2D eigenvalue weighted by atomic mass is 10.2. The first-order valence-electron chi connectivity index (χ1n) is 3.31. The molecule has 1 aliphatic heterocycles. The van der Waals surface area contributed by atoms with Crippen LogP contribution >= 0.6 is 0 Å². The Labute approximate surface area is 54.9 Å². The van der Waals surface area contributed by atoms with Gasteiger partial charge in [-0.3, -0.25) is 4.79 Å². The van der Waals surface area contributed by atoms with E-state index in [2.05, 4.69) is 11.4 Å². The molecule has 9 heavy (non-hydrogen) atoms. The van der Waals surface area contributed by atoms with Gasteiger partial charge in [-0.15, -0.1) is 0 Å². The summed E-state index contributed by atoms with van der Waals surface area (Å²) in [5.74, 6) is 0.144. The van der Waals surface area contributed by atoms with Crippen molar-refractivity contribution < 1.29 is 4.79 Å². The molecule has 1 aliphatic rings. The van der Waals surface area contributed by atoms with Crippen molar-refractivity contribution in [2.45, 2.75) is 19.3 Å². The lowest BCUT2D eigenvalue weighted by Crippen LogP contribution is -2.24. The van der Waals surface area contributed by atoms with Crippen LogP contribution < -0.4 is 5.32 Å². The molecule has 0 saturated carbocycles. The fourth-order valence-electron chi connectivity index (χ4n) is 0.828. The van der Waals surface area contributed by atoms with Gasteiger partial charge in [0.1, 0.15) is 0 Å². The van der Waals surface area contributed by atoms with E-state index >= 15 is 0 Å². The average molecular weight is 125 g/mol. The van der Waals surface area contributed by atoms with E-state index in [1.165, 1.54) is 0 Å². The highest BCUT2D eigenvalue weighted by molar-refractivity contribution is 5.77. The molecule has 0 aromatic carbocycles. The fourth-order valence-corrected chi connectivity index (χ4v) is 0.828. The molecule has 0 unspecified atom stereocenters. The molecule has 1 amide bonds. The second-order valence-electron chi connectivity index (χ2n) is 2.17. The number of carbonyl (C=O) groups is 1. The number of rotatable bonds is 0. The second-order valence-corrected chi connectivity index (χ2v) is 2.17. The van der Waals surface area contributed by atoms with Gasteiger partial charge in [-0.1, -0.05) is 12.2 Å². The Morgan fingerprint density at radius 2 is 2.33 bits per heavy atom. The molecule has 2 nitrogen and oxygen atoms in total. The Hall–Kier alpha value is -0.790. The number of nitrogens with one attached hydrogen (secondary N) is 1. The largest absolute Gasteiger partial charge is 0.356 e. The van der Waals surface area contributed by atoms with Crippen molar-refractivity contribution in [3.05, 3.63) is 12.2 Å². The van der Waals surface area contributed by atoms with Crippen LogP contribution in [0, 0.1) is 0 Å². The van der Waals surface area contributed by atoms with Gasteiger partial charge in [0.25, 0.3) is 0 Å². The molecule has 1 rings (SSSR count). The van der Waals surface area contributed by atoms with E-state index < -0.39 is 0 Å². The number of carbonyl (C=O) groups excluding carboxylic acids is 1. The predicted octanol–water partition coefficient (Wildman–Crippen LogP) is 0.843. The maximum Gasteiger partial charge on any atom is 0.223 e. The number of hydrogen-bond donors (Lipinski definition) is 1. The lowest BCUT2D eigenvalue weighted by Gasteiger charge is -2.03. The van der Waals surface area contributed by atoms with Crippen LogP contribution in [-0.2, 0) is 4.79 Å². The summed E-state index contributed by atoms with van der Waals surface area (Å²) >= 11 is 0. The van der Waals surface area contributed by atoms with Gasteiger partial charge in [0.05, 0.1) is 0 Å². The molecule has 0 radical (unpaired) electrons. The zero-order valence-electron chi connectivity index (χ0n) is 5.39. The highest BCUT2D eigenvalue weighted by Gasteiger charge is 1.97. The Bertz CT molecular complexity index is 129. The van der Waals surface area contributed by atoms with Crippen LogP contribution in [0.3, 0.4) is 0 Å². The molecule has 2 heteroatoms. The Morgan fingerprint density at radius 1 is 1.44 bits per heavy atom. The van der Waals surface area contributed by atoms with E-state index in [0.717, 1.165) is 19.4 Å². The van der Waals surface area contributed by atoms with Crippen molar-refractivity contribution in [2.75, 3.05) is 6.54 Å². The quantitative estimate of drug-likeness (QED) is 0.477. The van der Waals surface area contributed by atoms with Crippen molar-refractivity contribution in [3.8, 4) is 0 Å². The molecule has 0 aromatic rings. The third kappa shape index (κ3) is 2.31. The van der Waals surface area contributed by atoms with Crippen molar-refractivity contribution in [1.29, 1.82) is 0 Å². The minimum Gasteiger partial charge on any atom is -0.356 e. The Balaban J connectivity index is 2.37. The molecule has 1 heterocycles. The molecule has 0 fully saturated rings. The molecule has 0 atom stereocenters. The van der Waals surface area contributed by atoms with E-state index in [1.807, 2.05) is 6.08 Å². The number of hydrogen-bond acceptors (Lipinski definition) is 1. The van der Waals surface area contributed by atoms with Crippen LogP contribution in [0.5, 0.6) is 0 Å². The van der Waals surface area contributed by atoms with Crippen LogP contribution in [0.25, 0.3) is 0 Å². The summed E-state index contributed by atoms with van der Waals surface area (Å²) < 4.78 is 0. The van der Waals surface area contributed by atoms with Gasteiger partial charge in [0, 0.05) is 13.0 Å². The highest BCUT2D eigenvalue weighted by Crippen LogP contribution is 1.95. The molecular weight excluding hydrogens is 114 g/mol. The van der Waals surface area contributed by atoms with E-state index in [0.29, 0.717) is 6.42 Å². The van der Waals surface area contributed by atoms with Crippen molar-refractivity contribution in [1.82, 2.24) is 5.32 Å². The minimum absolute atomic E-state index is 0.144. The molecule has 0 aromatic heterocycles. The zero-order chi connectivity index (χ0) is 6.53. The molecule has 0 bridgehead atoms. The summed E-state index contributed by atoms with van der Waals surface area (Å²) in [5, 5.41) is 2.79. The molecule has 0 spiro atoms. The first-order chi connectivity index (χ1) is 4.39. The van der Waals surface area contributed by atoms with Gasteiger partial charge < -0.3 is 5.32 Å². The fraction of sp³-hybridized carbons (Fsp3) is 0.571. The first-order valence-corrected chi connectivity index (χ1v) is 3.31. The third-order valence-corrected chi connectivity index (χ3v) is 1.34. The lowest BCUT2D eigenvalue weighted by molar-refractivity contribution is -0.120. The first kappa shape index (κ1) is 6.33. The van der Waals surface area contributed by atoms with Crippen LogP contribution in [0.1, 0.15) is 19.3 Å². The van der Waals surface area contributed by atoms with Crippen LogP contribution in [-0.4, -0.2) is 12.5 Å². The molecular formula is C7H11NO. The van der Waals surface area contributed by atoms with Crippen molar-refractivity contribution in [2.24, 2.45) is 0 Å². The van der Waals surface area contributed by atoms with Gasteiger partial charge in [-0.2, -0.15) is 0 Å². The maximum absolute atomic E-state index is 10.7. The van der Waals surface area contributed by atoms with Crippen LogP contribution in [0.4, 0.5) is 0 Å². The summed E-state index contributed by atoms with van der Waals surface area (Å²) in [5.41, 5.74) is 0. The summed E-state index contributed by atoms with van der Waals surface area (Å²) in [7, 11) is 0. The second kappa shape index (κ2) is 3.28. The van der Waals surface area contributed by atoms with Crippen LogP contribution in [0.2, 0.25) is 0 Å². The Kier molecular flexibility index (Phi) is 2.31. The summed E-state index contributed by atoms with van der Waals surface area (Å²) in [6.07, 6.45) is 6.72. The number of allylic oxidation sites excluding steroid dienone is 1. The van der Waals surface area contributed by atoms with Gasteiger partial charge >= 0.3 is 0 Å². The normalized spacial score (nSPS) is 23.8. The smallest absolute Gasteiger partial charge is 0.223 e. The van der Waals surface area contributed by atoms with Gasteiger partial charge in [0.2, 0.25) is 5.91 Å². The van der Waals surface area contributed by atoms with Crippen molar-refractivity contribution >= 4 is 5.91 Å². The molecule has 50 valence electrons. The molecule has 0 aliphatic carbocycles. The topological polar surface area (TPSA) is 29.1 Å². The minimum atomic E-state index is 0.144. The SMILES string of the molecule is O=C1C/C=C\CCCN1. The van der Waals surface area contributed by atoms with E-state index in [1.54, 1.807) is 0 Å². The summed E-state index contributed by atoms with van der Waals surface area (Å²) in [6, 6.07) is 0. The van der Waals surface area contributed by atoms with E-state index in [-0.39, 0.29) is 5.91 Å². The van der Waals surface area contributed by atoms with Gasteiger partial charge in [0.15, 0.2) is 0 Å². The van der Waals surface area contributed by atoms with E-state index in [4.69, 9.17) is 0 Å². The number of amides is 1. The summed E-state index contributed by atoms with van der Waals surface area (Å²) in [4.78, 5) is 10.7. The summed E-state index contributed by atoms with van der Waals surface area (Å²) in [6.45, 7) is 0.836. The predicted molar refractivity (Wildman–Crippen MR) is 36.0 cm³/mol. The highest BCUT2D eigenvalue weighted by atomic mass is 16.1. The van der Waals surface area contributed by atoms with Crippen molar-refractivity contribution in [3.63, 3.8) is 0 Å². The molecule has 0 saturated heterocycles. The van der Waals surface area contributed by atoms with Gasteiger partial charge in [-0.05, 0) is 12.8 Å². The monoisotopic (exact) mass is 125 g/mol. The zero-order valence-corrected chi connectivity index (χ0v) is 5.39. The van der Waals surface area contributed by atoms with Gasteiger partial charge in [-0.25, -0.2) is 0 Å². The average Bonchev–Trinajstić information content (AvgIpc) is 1.79. The Morgan fingerprint density at radius 3 is 3.22 bits per heavy atom. The third-order valence-electron chi connectivity index (χ3n) is 1.34. The van der Waals surface area contributed by atoms with Crippen LogP contribution in [0.15, 0.2) is 12.2 Å².